The van der Waals surface area contributed by atoms with Gasteiger partial charge >= 0.3 is 0 Å². The highest BCUT2D eigenvalue weighted by atomic mass is 19.1. The van der Waals surface area contributed by atoms with Crippen molar-refractivity contribution >= 4 is 11.7 Å². The zero-order valence-corrected chi connectivity index (χ0v) is 25.9. The van der Waals surface area contributed by atoms with Crippen molar-refractivity contribution < 1.29 is 28.2 Å². The van der Waals surface area contributed by atoms with E-state index in [-0.39, 0.29) is 54.0 Å². The van der Waals surface area contributed by atoms with Crippen LogP contribution in [0.4, 0.5) is 4.39 Å². The Balaban J connectivity index is 1.06. The molecule has 11 heteroatoms. The van der Waals surface area contributed by atoms with E-state index in [4.69, 9.17) is 19.9 Å². The third kappa shape index (κ3) is 5.23. The van der Waals surface area contributed by atoms with E-state index in [1.54, 1.807) is 4.90 Å². The van der Waals surface area contributed by atoms with Gasteiger partial charge in [0.15, 0.2) is 5.78 Å². The van der Waals surface area contributed by atoms with Crippen molar-refractivity contribution in [2.45, 2.75) is 113 Å². The van der Waals surface area contributed by atoms with Gasteiger partial charge in [0.25, 0.3) is 5.91 Å². The van der Waals surface area contributed by atoms with Gasteiger partial charge in [-0.1, -0.05) is 12.8 Å². The normalized spacial score (nSPS) is 45.3. The molecule has 244 valence electrons. The number of likely N-dealkylation sites (tertiary alicyclic amines) is 1. The third-order valence-corrected chi connectivity index (χ3v) is 12.3. The highest BCUT2D eigenvalue weighted by molar-refractivity contribution is 6.20. The van der Waals surface area contributed by atoms with E-state index < -0.39 is 24.2 Å². The highest BCUT2D eigenvalue weighted by Gasteiger charge is 2.61. The van der Waals surface area contributed by atoms with Gasteiger partial charge < -0.3 is 35.1 Å². The first-order chi connectivity index (χ1) is 21.5. The lowest BCUT2D eigenvalue weighted by atomic mass is 9.67. The molecule has 0 aromatic heterocycles. The fourth-order valence-corrected chi connectivity index (χ4v) is 10.2. The molecule has 0 bridgehead atoms. The lowest BCUT2D eigenvalue weighted by Gasteiger charge is -2.60. The number of morpholine rings is 2. The molecule has 44 heavy (non-hydrogen) atoms. The summed E-state index contributed by atoms with van der Waals surface area (Å²) in [6.45, 7) is 6.07. The van der Waals surface area contributed by atoms with Crippen LogP contribution in [0.3, 0.4) is 0 Å². The average Bonchev–Trinajstić information content (AvgIpc) is 3.63. The topological polar surface area (TPSA) is 110 Å². The Labute approximate surface area is 260 Å². The summed E-state index contributed by atoms with van der Waals surface area (Å²) in [4.78, 5) is 34.1. The Bertz CT molecular complexity index is 1140. The molecule has 1 amide bonds. The maximum absolute atomic E-state index is 16.2. The number of ketones is 1. The van der Waals surface area contributed by atoms with Crippen molar-refractivity contribution in [1.82, 2.24) is 20.0 Å². The van der Waals surface area contributed by atoms with Gasteiger partial charge in [0.2, 0.25) is 0 Å². The lowest BCUT2D eigenvalue weighted by molar-refractivity contribution is -0.209. The van der Waals surface area contributed by atoms with Crippen LogP contribution in [0.1, 0.15) is 57.8 Å². The van der Waals surface area contributed by atoms with E-state index in [0.717, 1.165) is 65.0 Å². The molecule has 12 atom stereocenters. The van der Waals surface area contributed by atoms with Gasteiger partial charge in [0.05, 0.1) is 61.3 Å². The quantitative estimate of drug-likeness (QED) is 0.337. The first kappa shape index (κ1) is 29.8. The molecule has 5 aliphatic heterocycles. The summed E-state index contributed by atoms with van der Waals surface area (Å²) in [7, 11) is 0. The number of Topliss-reactive ketones (excluding diaryl/α,β-unsaturated/α-hetero) is 1. The lowest BCUT2D eigenvalue weighted by Crippen LogP contribution is -2.73. The molecule has 0 radical (unpaired) electrons. The summed E-state index contributed by atoms with van der Waals surface area (Å²) in [5.41, 5.74) is 6.32. The van der Waals surface area contributed by atoms with Crippen LogP contribution < -0.4 is 11.1 Å². The van der Waals surface area contributed by atoms with Crippen molar-refractivity contribution in [3.63, 3.8) is 0 Å². The van der Waals surface area contributed by atoms with Gasteiger partial charge in [-0.15, -0.1) is 0 Å². The number of halogens is 1. The standard InChI is InChI=1S/C33H50FN5O5/c34-24-14-22-30-32(29(24)36-7-3-8-37-10-12-42-13-11-37)44-28-15-21-20-4-1-2-5-26(20)43-27(21)16-25(28)39(30)18-23(31(22)40)33(41)38-9-6-19(35)17-38/h18-22,24-30,32,36H,1-17,35H2. The molecular weight excluding hydrogens is 565 g/mol. The molecule has 10 nitrogen and oxygen atoms in total. The van der Waals surface area contributed by atoms with Gasteiger partial charge in [-0.3, -0.25) is 14.5 Å². The van der Waals surface area contributed by atoms with Gasteiger partial charge in [0, 0.05) is 44.3 Å². The molecule has 4 saturated heterocycles. The van der Waals surface area contributed by atoms with Crippen molar-refractivity contribution in [3.05, 3.63) is 11.8 Å². The van der Waals surface area contributed by atoms with Crippen LogP contribution in [-0.4, -0.2) is 134 Å². The van der Waals surface area contributed by atoms with Crippen LogP contribution in [0, 0.1) is 17.8 Å². The summed E-state index contributed by atoms with van der Waals surface area (Å²) in [6, 6.07) is -0.832. The molecule has 12 unspecified atom stereocenters. The molecular formula is C33H50FN5O5. The molecule has 3 aliphatic carbocycles. The van der Waals surface area contributed by atoms with Crippen LogP contribution >= 0.6 is 0 Å². The Kier molecular flexibility index (Phi) is 8.24. The molecule has 0 spiro atoms. The largest absolute Gasteiger partial charge is 0.379 e. The molecule has 3 N–H and O–H groups in total. The number of hydrogen-bond donors (Lipinski definition) is 2. The van der Waals surface area contributed by atoms with E-state index >= 15 is 4.39 Å². The number of rotatable bonds is 6. The van der Waals surface area contributed by atoms with Crippen molar-refractivity contribution in [3.8, 4) is 0 Å². The molecule has 8 rings (SSSR count). The first-order valence-electron chi connectivity index (χ1n) is 17.5. The first-order valence-corrected chi connectivity index (χ1v) is 17.5. The predicted molar refractivity (Wildman–Crippen MR) is 160 cm³/mol. The van der Waals surface area contributed by atoms with Gasteiger partial charge in [-0.2, -0.15) is 0 Å². The van der Waals surface area contributed by atoms with Crippen molar-refractivity contribution in [2.75, 3.05) is 52.5 Å². The number of amides is 1. The Hall–Kier alpha value is -1.63. The van der Waals surface area contributed by atoms with Gasteiger partial charge in [-0.05, 0) is 69.9 Å². The number of nitrogens with zero attached hydrogens (tertiary/aromatic N) is 3. The van der Waals surface area contributed by atoms with Crippen LogP contribution in [0.15, 0.2) is 11.8 Å². The Morgan fingerprint density at radius 3 is 2.66 bits per heavy atom. The second kappa shape index (κ2) is 12.2. The maximum Gasteiger partial charge on any atom is 0.259 e. The van der Waals surface area contributed by atoms with E-state index in [1.165, 1.54) is 19.3 Å². The predicted octanol–water partition coefficient (Wildman–Crippen LogP) is 1.23. The third-order valence-electron chi connectivity index (χ3n) is 12.3. The van der Waals surface area contributed by atoms with Crippen molar-refractivity contribution in [1.29, 1.82) is 0 Å². The zero-order chi connectivity index (χ0) is 29.9. The van der Waals surface area contributed by atoms with E-state index in [0.29, 0.717) is 37.6 Å². The number of nitrogens with two attached hydrogens (primary N) is 1. The molecule has 5 heterocycles. The number of hydrogen-bond acceptors (Lipinski definition) is 9. The Morgan fingerprint density at radius 2 is 1.84 bits per heavy atom. The van der Waals surface area contributed by atoms with Crippen LogP contribution in [-0.2, 0) is 23.8 Å². The summed E-state index contributed by atoms with van der Waals surface area (Å²) < 4.78 is 35.4. The van der Waals surface area contributed by atoms with E-state index in [1.807, 2.05) is 6.20 Å². The van der Waals surface area contributed by atoms with Crippen LogP contribution in [0.25, 0.3) is 0 Å². The number of alkyl halides is 1. The smallest absolute Gasteiger partial charge is 0.259 e. The molecule has 0 aromatic rings. The van der Waals surface area contributed by atoms with E-state index in [9.17, 15) is 9.59 Å². The second-order valence-corrected chi connectivity index (χ2v) is 14.8. The fraction of sp³-hybridized carbons (Fsp3) is 0.879. The second-order valence-electron chi connectivity index (χ2n) is 14.8. The summed E-state index contributed by atoms with van der Waals surface area (Å²) >= 11 is 0. The van der Waals surface area contributed by atoms with E-state index in [2.05, 4.69) is 15.1 Å². The summed E-state index contributed by atoms with van der Waals surface area (Å²) in [6.07, 6.45) is 8.92. The SMILES string of the molecule is NC1CCN(C(=O)C2=CN3C4CC5OC6CCCCC6C5CC4OC4C(NCCCN5CCOCC5)C(F)CC(C2=O)C43)C1. The number of carbonyl (C=O) groups excluding carboxylic acids is 2. The molecule has 8 aliphatic rings. The fourth-order valence-electron chi connectivity index (χ4n) is 10.2. The summed E-state index contributed by atoms with van der Waals surface area (Å²) in [5, 5.41) is 3.55. The van der Waals surface area contributed by atoms with Crippen LogP contribution in [0.5, 0.6) is 0 Å². The summed E-state index contributed by atoms with van der Waals surface area (Å²) in [5.74, 6) is -0.0488. The van der Waals surface area contributed by atoms with Gasteiger partial charge in [-0.25, -0.2) is 4.39 Å². The highest BCUT2D eigenvalue weighted by Crippen LogP contribution is 2.52. The minimum atomic E-state index is -1.23. The van der Waals surface area contributed by atoms with Crippen LogP contribution in [0.2, 0.25) is 0 Å². The number of ether oxygens (including phenoxy) is 3. The minimum absolute atomic E-state index is 0.00928. The monoisotopic (exact) mass is 615 g/mol. The maximum atomic E-state index is 16.2. The average molecular weight is 616 g/mol. The number of nitrogens with one attached hydrogen (secondary N) is 1. The number of carbonyl (C=O) groups is 2. The zero-order valence-electron chi connectivity index (χ0n) is 25.9. The Morgan fingerprint density at radius 1 is 1.00 bits per heavy atom. The molecule has 7 fully saturated rings. The van der Waals surface area contributed by atoms with Gasteiger partial charge in [0.1, 0.15) is 6.17 Å². The number of fused-ring (bicyclic) bond motifs is 5. The van der Waals surface area contributed by atoms with Crippen molar-refractivity contribution in [2.24, 2.45) is 23.5 Å². The molecule has 3 saturated carbocycles. The molecule has 0 aromatic carbocycles. The minimum Gasteiger partial charge on any atom is -0.379 e.